The van der Waals surface area contributed by atoms with Crippen molar-refractivity contribution >= 4 is 22.6 Å². The van der Waals surface area contributed by atoms with E-state index in [2.05, 4.69) is 32.1 Å². The van der Waals surface area contributed by atoms with Gasteiger partial charge in [0.05, 0.1) is 23.1 Å². The number of imidazole rings is 1. The number of fused-ring (bicyclic) bond motifs is 1. The molecule has 6 nitrogen and oxygen atoms in total. The van der Waals surface area contributed by atoms with Gasteiger partial charge in [0.15, 0.2) is 0 Å². The van der Waals surface area contributed by atoms with E-state index in [0.29, 0.717) is 23.4 Å². The fourth-order valence-corrected chi connectivity index (χ4v) is 4.30. The Balaban J connectivity index is 1.24. The van der Waals surface area contributed by atoms with E-state index < -0.39 is 11.7 Å². The lowest BCUT2D eigenvalue weighted by molar-refractivity contribution is -0.137. The average Bonchev–Trinajstić information content (AvgIpc) is 3.29. The zero-order valence-corrected chi connectivity index (χ0v) is 19.8. The standard InChI is InChI=1S/C27H26F3N5O/c1-34-12-14-35(15-13-34)17-25(36)31-22-9-6-19(7-10-22)18-2-4-20(5-3-18)26-32-23-11-8-21(27(28,29)30)16-24(23)33-26/h2-11,16H,12-15,17H2,1H3,(H,31,36)(H,32,33). The van der Waals surface area contributed by atoms with Crippen molar-refractivity contribution in [2.75, 3.05) is 45.1 Å². The molecule has 4 aromatic rings. The number of nitrogens with zero attached hydrogens (tertiary/aromatic N) is 3. The lowest BCUT2D eigenvalue weighted by Crippen LogP contribution is -2.47. The molecule has 186 valence electrons. The minimum Gasteiger partial charge on any atom is -0.338 e. The molecule has 1 aliphatic rings. The molecule has 2 N–H and O–H groups in total. The fraction of sp³-hybridized carbons (Fsp3) is 0.259. The van der Waals surface area contributed by atoms with Gasteiger partial charge in [-0.15, -0.1) is 0 Å². The molecule has 3 aromatic carbocycles. The maximum absolute atomic E-state index is 13.0. The van der Waals surface area contributed by atoms with Gasteiger partial charge >= 0.3 is 6.18 Å². The summed E-state index contributed by atoms with van der Waals surface area (Å²) in [7, 11) is 2.08. The average molecular weight is 494 g/mol. The molecule has 0 atom stereocenters. The molecule has 0 aliphatic carbocycles. The van der Waals surface area contributed by atoms with Crippen molar-refractivity contribution in [3.63, 3.8) is 0 Å². The molecule has 36 heavy (non-hydrogen) atoms. The van der Waals surface area contributed by atoms with Gasteiger partial charge < -0.3 is 15.2 Å². The Morgan fingerprint density at radius 2 is 1.53 bits per heavy atom. The van der Waals surface area contributed by atoms with Gasteiger partial charge in [-0.1, -0.05) is 36.4 Å². The van der Waals surface area contributed by atoms with Crippen LogP contribution in [0.2, 0.25) is 0 Å². The number of hydrogen-bond donors (Lipinski definition) is 2. The predicted molar refractivity (Wildman–Crippen MR) is 135 cm³/mol. The molecule has 1 fully saturated rings. The monoisotopic (exact) mass is 493 g/mol. The van der Waals surface area contributed by atoms with E-state index in [9.17, 15) is 18.0 Å². The van der Waals surface area contributed by atoms with Crippen LogP contribution in [0.4, 0.5) is 18.9 Å². The normalized spacial score (nSPS) is 15.3. The highest BCUT2D eigenvalue weighted by Crippen LogP contribution is 2.32. The molecule has 1 aliphatic heterocycles. The Labute approximate surface area is 206 Å². The van der Waals surface area contributed by atoms with Crippen LogP contribution in [0.3, 0.4) is 0 Å². The number of aromatic nitrogens is 2. The Morgan fingerprint density at radius 3 is 2.17 bits per heavy atom. The summed E-state index contributed by atoms with van der Waals surface area (Å²) in [5.41, 5.74) is 3.59. The predicted octanol–water partition coefficient (Wildman–Crippen LogP) is 5.10. The van der Waals surface area contributed by atoms with Crippen molar-refractivity contribution in [1.29, 1.82) is 0 Å². The van der Waals surface area contributed by atoms with E-state index in [1.807, 2.05) is 48.5 Å². The number of benzene rings is 3. The Morgan fingerprint density at radius 1 is 0.917 bits per heavy atom. The minimum atomic E-state index is -4.40. The highest BCUT2D eigenvalue weighted by Gasteiger charge is 2.30. The Hall–Kier alpha value is -3.69. The largest absolute Gasteiger partial charge is 0.416 e. The van der Waals surface area contributed by atoms with Crippen LogP contribution in [-0.4, -0.2) is 65.4 Å². The van der Waals surface area contributed by atoms with Gasteiger partial charge in [-0.05, 0) is 48.5 Å². The van der Waals surface area contributed by atoms with Gasteiger partial charge in [-0.2, -0.15) is 13.2 Å². The van der Waals surface area contributed by atoms with E-state index >= 15 is 0 Å². The van der Waals surface area contributed by atoms with Gasteiger partial charge in [0.1, 0.15) is 5.82 Å². The molecule has 1 saturated heterocycles. The fourth-order valence-electron chi connectivity index (χ4n) is 4.30. The summed E-state index contributed by atoms with van der Waals surface area (Å²) in [6.45, 7) is 4.10. The van der Waals surface area contributed by atoms with E-state index in [4.69, 9.17) is 0 Å². The lowest BCUT2D eigenvalue weighted by Gasteiger charge is -2.31. The van der Waals surface area contributed by atoms with Crippen LogP contribution in [0.5, 0.6) is 0 Å². The minimum absolute atomic E-state index is 0.0233. The smallest absolute Gasteiger partial charge is 0.338 e. The topological polar surface area (TPSA) is 64.3 Å². The number of alkyl halides is 3. The maximum atomic E-state index is 13.0. The van der Waals surface area contributed by atoms with Crippen LogP contribution in [0.15, 0.2) is 66.7 Å². The molecule has 0 bridgehead atoms. The summed E-state index contributed by atoms with van der Waals surface area (Å²) >= 11 is 0. The van der Waals surface area contributed by atoms with Crippen LogP contribution < -0.4 is 5.32 Å². The van der Waals surface area contributed by atoms with E-state index in [1.165, 1.54) is 6.07 Å². The maximum Gasteiger partial charge on any atom is 0.416 e. The molecule has 1 aromatic heterocycles. The first kappa shape index (κ1) is 24.0. The number of carbonyl (C=O) groups excluding carboxylic acids is 1. The van der Waals surface area contributed by atoms with Crippen molar-refractivity contribution in [1.82, 2.24) is 19.8 Å². The highest BCUT2D eigenvalue weighted by molar-refractivity contribution is 5.92. The van der Waals surface area contributed by atoms with Crippen molar-refractivity contribution in [2.24, 2.45) is 0 Å². The molecule has 1 amide bonds. The number of amides is 1. The molecule has 0 spiro atoms. The van der Waals surface area contributed by atoms with Gasteiger partial charge in [0, 0.05) is 37.4 Å². The quantitative estimate of drug-likeness (QED) is 0.406. The third kappa shape index (κ3) is 5.42. The molecule has 0 saturated carbocycles. The van der Waals surface area contributed by atoms with Crippen molar-refractivity contribution in [3.05, 3.63) is 72.3 Å². The number of hydrogen-bond acceptors (Lipinski definition) is 4. The third-order valence-electron chi connectivity index (χ3n) is 6.43. The summed E-state index contributed by atoms with van der Waals surface area (Å²) < 4.78 is 39.0. The summed E-state index contributed by atoms with van der Waals surface area (Å²) in [6, 6.07) is 18.8. The van der Waals surface area contributed by atoms with Crippen molar-refractivity contribution < 1.29 is 18.0 Å². The Bertz CT molecular complexity index is 1360. The second kappa shape index (κ2) is 9.75. The number of anilines is 1. The highest BCUT2D eigenvalue weighted by atomic mass is 19.4. The number of rotatable bonds is 5. The SMILES string of the molecule is CN1CCN(CC(=O)Nc2ccc(-c3ccc(-c4nc5ccc(C(F)(F)F)cc5[nH]4)cc3)cc2)CC1. The molecule has 9 heteroatoms. The first-order valence-corrected chi connectivity index (χ1v) is 11.7. The van der Waals surface area contributed by atoms with Crippen LogP contribution in [0.25, 0.3) is 33.5 Å². The van der Waals surface area contributed by atoms with Gasteiger partial charge in [-0.3, -0.25) is 9.69 Å². The summed E-state index contributed by atoms with van der Waals surface area (Å²) in [5, 5.41) is 2.96. The molecule has 5 rings (SSSR count). The van der Waals surface area contributed by atoms with E-state index in [-0.39, 0.29) is 5.91 Å². The number of halogens is 3. The van der Waals surface area contributed by atoms with Gasteiger partial charge in [-0.25, -0.2) is 4.98 Å². The molecular weight excluding hydrogens is 467 g/mol. The molecule has 2 heterocycles. The number of aromatic amines is 1. The Kier molecular flexibility index (Phi) is 6.51. The summed E-state index contributed by atoms with van der Waals surface area (Å²) in [6.07, 6.45) is -4.40. The van der Waals surface area contributed by atoms with Crippen LogP contribution in [0, 0.1) is 0 Å². The van der Waals surface area contributed by atoms with Crippen LogP contribution in [-0.2, 0) is 11.0 Å². The third-order valence-corrected chi connectivity index (χ3v) is 6.43. The van der Waals surface area contributed by atoms with Crippen LogP contribution >= 0.6 is 0 Å². The molecule has 0 radical (unpaired) electrons. The first-order valence-electron chi connectivity index (χ1n) is 11.7. The second-order valence-electron chi connectivity index (χ2n) is 9.10. The van der Waals surface area contributed by atoms with Gasteiger partial charge in [0.2, 0.25) is 5.91 Å². The van der Waals surface area contributed by atoms with Crippen molar-refractivity contribution in [2.45, 2.75) is 6.18 Å². The number of nitrogens with one attached hydrogen (secondary N) is 2. The summed E-state index contributed by atoms with van der Waals surface area (Å²) in [5.74, 6) is 0.485. The lowest BCUT2D eigenvalue weighted by atomic mass is 10.0. The van der Waals surface area contributed by atoms with Crippen LogP contribution in [0.1, 0.15) is 5.56 Å². The first-order chi connectivity index (χ1) is 17.2. The second-order valence-corrected chi connectivity index (χ2v) is 9.10. The number of H-pyrrole nitrogens is 1. The number of likely N-dealkylation sites (N-methyl/N-ethyl adjacent to an activating group) is 1. The zero-order valence-electron chi connectivity index (χ0n) is 19.8. The molecular formula is C27H26F3N5O. The van der Waals surface area contributed by atoms with Gasteiger partial charge in [0.25, 0.3) is 0 Å². The zero-order chi connectivity index (χ0) is 25.3. The van der Waals surface area contributed by atoms with Crippen molar-refractivity contribution in [3.8, 4) is 22.5 Å². The summed E-state index contributed by atoms with van der Waals surface area (Å²) in [4.78, 5) is 24.2. The number of carbonyl (C=O) groups is 1. The van der Waals surface area contributed by atoms with E-state index in [1.54, 1.807) is 0 Å². The molecule has 0 unspecified atom stereocenters. The number of piperazine rings is 1. The van der Waals surface area contributed by atoms with E-state index in [0.717, 1.165) is 60.7 Å².